The quantitative estimate of drug-likeness (QED) is 0.669. The Morgan fingerprint density at radius 1 is 1.73 bits per heavy atom. The lowest BCUT2D eigenvalue weighted by Gasteiger charge is -1.83. The van der Waals surface area contributed by atoms with E-state index in [9.17, 15) is 12.3 Å². The Balaban J connectivity index is 3.09. The molecule has 0 saturated carbocycles. The number of rotatable bonds is 2. The average molecular weight is 195 g/mol. The Hall–Kier alpha value is -0.490. The van der Waals surface area contributed by atoms with Crippen LogP contribution in [0.2, 0.25) is 0 Å². The zero-order valence-electron chi connectivity index (χ0n) is 5.74. The van der Waals surface area contributed by atoms with E-state index < -0.39 is 14.6 Å². The molecule has 1 aromatic heterocycles. The second-order valence-electron chi connectivity index (χ2n) is 1.90. The number of halogens is 1. The van der Waals surface area contributed by atoms with Gasteiger partial charge in [-0.2, -0.15) is 8.42 Å². The van der Waals surface area contributed by atoms with Crippen molar-refractivity contribution >= 4 is 21.6 Å². The fourth-order valence-electron chi connectivity index (χ4n) is 0.563. The van der Waals surface area contributed by atoms with Crippen LogP contribution in [0.25, 0.3) is 0 Å². The number of aryl methyl sites for hydroxylation is 1. The van der Waals surface area contributed by atoms with Gasteiger partial charge in [0.05, 0.1) is 5.69 Å². The van der Waals surface area contributed by atoms with E-state index in [1.165, 1.54) is 5.38 Å². The van der Waals surface area contributed by atoms with E-state index in [0.29, 0.717) is 12.1 Å². The van der Waals surface area contributed by atoms with Gasteiger partial charge in [-0.25, -0.2) is 4.98 Å². The Morgan fingerprint density at radius 3 is 2.64 bits per heavy atom. The third-order valence-corrected chi connectivity index (χ3v) is 3.18. The standard InChI is InChI=1S/C5H6FNO2S2/c1-2-4-3-10-5(7-4)11(6,8)9/h3H,2H2,1H3. The summed E-state index contributed by atoms with van der Waals surface area (Å²) in [5, 5.41) is 1.53. The SMILES string of the molecule is CCc1csc(S(=O)(=O)F)n1. The maximum absolute atomic E-state index is 12.2. The highest BCUT2D eigenvalue weighted by atomic mass is 32.3. The summed E-state index contributed by atoms with van der Waals surface area (Å²) in [5.41, 5.74) is 0.603. The molecule has 0 unspecified atom stereocenters. The van der Waals surface area contributed by atoms with Crippen LogP contribution in [0.5, 0.6) is 0 Å². The monoisotopic (exact) mass is 195 g/mol. The van der Waals surface area contributed by atoms with Crippen LogP contribution in [0.15, 0.2) is 9.72 Å². The average Bonchev–Trinajstić information content (AvgIpc) is 2.32. The first-order valence-corrected chi connectivity index (χ1v) is 5.19. The zero-order valence-corrected chi connectivity index (χ0v) is 7.38. The second-order valence-corrected chi connectivity index (χ2v) is 4.28. The van der Waals surface area contributed by atoms with Gasteiger partial charge >= 0.3 is 10.2 Å². The second kappa shape index (κ2) is 2.86. The third-order valence-electron chi connectivity index (χ3n) is 1.10. The van der Waals surface area contributed by atoms with Crippen molar-refractivity contribution in [2.45, 2.75) is 17.7 Å². The first-order chi connectivity index (χ1) is 5.04. The van der Waals surface area contributed by atoms with E-state index >= 15 is 0 Å². The number of aromatic nitrogens is 1. The number of hydrogen-bond acceptors (Lipinski definition) is 4. The van der Waals surface area contributed by atoms with E-state index in [-0.39, 0.29) is 0 Å². The van der Waals surface area contributed by atoms with Gasteiger partial charge in [-0.05, 0) is 6.42 Å². The minimum absolute atomic E-state index is 0.450. The fraction of sp³-hybridized carbons (Fsp3) is 0.400. The van der Waals surface area contributed by atoms with Crippen LogP contribution in [-0.4, -0.2) is 13.4 Å². The van der Waals surface area contributed by atoms with Gasteiger partial charge in [0.25, 0.3) is 0 Å². The van der Waals surface area contributed by atoms with Gasteiger partial charge in [0.15, 0.2) is 0 Å². The lowest BCUT2D eigenvalue weighted by Crippen LogP contribution is -1.90. The summed E-state index contributed by atoms with van der Waals surface area (Å²) in [5.74, 6) is 0. The van der Waals surface area contributed by atoms with E-state index in [1.54, 1.807) is 0 Å². The van der Waals surface area contributed by atoms with E-state index in [2.05, 4.69) is 4.98 Å². The summed E-state index contributed by atoms with van der Waals surface area (Å²) < 4.78 is 32.2. The number of thiazole rings is 1. The molecule has 3 nitrogen and oxygen atoms in total. The van der Waals surface area contributed by atoms with Gasteiger partial charge in [-0.3, -0.25) is 0 Å². The van der Waals surface area contributed by atoms with Gasteiger partial charge in [0.2, 0.25) is 4.34 Å². The van der Waals surface area contributed by atoms with Crippen LogP contribution in [-0.2, 0) is 16.6 Å². The lowest BCUT2D eigenvalue weighted by molar-refractivity contribution is 0.551. The lowest BCUT2D eigenvalue weighted by atomic mass is 10.4. The van der Waals surface area contributed by atoms with Crippen molar-refractivity contribution in [2.24, 2.45) is 0 Å². The fourth-order valence-corrected chi connectivity index (χ4v) is 2.02. The molecule has 1 heterocycles. The maximum atomic E-state index is 12.2. The van der Waals surface area contributed by atoms with Gasteiger partial charge in [-0.1, -0.05) is 10.8 Å². The van der Waals surface area contributed by atoms with Crippen LogP contribution in [0.3, 0.4) is 0 Å². The van der Waals surface area contributed by atoms with Gasteiger partial charge in [0.1, 0.15) is 0 Å². The van der Waals surface area contributed by atoms with Crippen LogP contribution < -0.4 is 0 Å². The molecule has 6 heteroatoms. The van der Waals surface area contributed by atoms with Crippen molar-refractivity contribution in [1.82, 2.24) is 4.98 Å². The van der Waals surface area contributed by atoms with Crippen molar-refractivity contribution in [3.63, 3.8) is 0 Å². The third kappa shape index (κ3) is 1.97. The Morgan fingerprint density at radius 2 is 2.36 bits per heavy atom. The van der Waals surface area contributed by atoms with E-state index in [0.717, 1.165) is 11.3 Å². The molecule has 1 rings (SSSR count). The minimum Gasteiger partial charge on any atom is -0.228 e. The zero-order chi connectivity index (χ0) is 8.48. The smallest absolute Gasteiger partial charge is 0.228 e. The molecule has 62 valence electrons. The van der Waals surface area contributed by atoms with E-state index in [4.69, 9.17) is 0 Å². The topological polar surface area (TPSA) is 47.0 Å². The van der Waals surface area contributed by atoms with Gasteiger partial charge in [-0.15, -0.1) is 11.3 Å². The predicted molar refractivity (Wildman–Crippen MR) is 39.8 cm³/mol. The first-order valence-electron chi connectivity index (χ1n) is 2.93. The summed E-state index contributed by atoms with van der Waals surface area (Å²) in [4.78, 5) is 3.56. The van der Waals surface area contributed by atoms with Crippen molar-refractivity contribution < 1.29 is 12.3 Å². The normalized spacial score (nSPS) is 11.8. The molecule has 0 bridgehead atoms. The molecule has 0 aliphatic heterocycles. The molecule has 0 atom stereocenters. The largest absolute Gasteiger partial charge is 0.359 e. The molecular weight excluding hydrogens is 189 g/mol. The highest BCUT2D eigenvalue weighted by Crippen LogP contribution is 2.17. The molecule has 1 aromatic rings. The summed E-state index contributed by atoms with van der Waals surface area (Å²) in [6.07, 6.45) is 0.617. The van der Waals surface area contributed by atoms with Crippen LogP contribution in [0, 0.1) is 0 Å². The summed E-state index contributed by atoms with van der Waals surface area (Å²) in [7, 11) is -4.58. The molecule has 0 amide bonds. The Labute approximate surface area is 68.1 Å². The number of nitrogens with zero attached hydrogens (tertiary/aromatic N) is 1. The summed E-state index contributed by atoms with van der Waals surface area (Å²) >= 11 is 0.807. The van der Waals surface area contributed by atoms with Crippen molar-refractivity contribution in [2.75, 3.05) is 0 Å². The molecule has 0 fully saturated rings. The molecule has 0 spiro atoms. The molecule has 11 heavy (non-hydrogen) atoms. The molecule has 0 aliphatic rings. The molecule has 0 radical (unpaired) electrons. The molecular formula is C5H6FNO2S2. The van der Waals surface area contributed by atoms with Crippen molar-refractivity contribution in [1.29, 1.82) is 0 Å². The van der Waals surface area contributed by atoms with Crippen LogP contribution in [0.1, 0.15) is 12.6 Å². The van der Waals surface area contributed by atoms with E-state index in [1.807, 2.05) is 6.92 Å². The number of hydrogen-bond donors (Lipinski definition) is 0. The summed E-state index contributed by atoms with van der Waals surface area (Å²) in [6.45, 7) is 1.82. The molecule has 0 aliphatic carbocycles. The Bertz CT molecular complexity index is 343. The highest BCUT2D eigenvalue weighted by Gasteiger charge is 2.15. The minimum atomic E-state index is -4.58. The highest BCUT2D eigenvalue weighted by molar-refractivity contribution is 7.88. The Kier molecular flexibility index (Phi) is 2.24. The van der Waals surface area contributed by atoms with Crippen LogP contribution >= 0.6 is 11.3 Å². The predicted octanol–water partition coefficient (Wildman–Crippen LogP) is 1.36. The molecule has 0 N–H and O–H groups in total. The maximum Gasteiger partial charge on any atom is 0.359 e. The van der Waals surface area contributed by atoms with Crippen molar-refractivity contribution in [3.05, 3.63) is 11.1 Å². The van der Waals surface area contributed by atoms with Crippen LogP contribution in [0.4, 0.5) is 3.89 Å². The van der Waals surface area contributed by atoms with Crippen molar-refractivity contribution in [3.8, 4) is 0 Å². The van der Waals surface area contributed by atoms with Gasteiger partial charge < -0.3 is 0 Å². The molecule has 0 aromatic carbocycles. The van der Waals surface area contributed by atoms with Gasteiger partial charge in [0, 0.05) is 5.38 Å². The molecule has 0 saturated heterocycles. The first kappa shape index (κ1) is 8.61. The summed E-state index contributed by atoms with van der Waals surface area (Å²) in [6, 6.07) is 0.